The summed E-state index contributed by atoms with van der Waals surface area (Å²) >= 11 is 0. The van der Waals surface area contributed by atoms with Crippen LogP contribution in [0.25, 0.3) is 22.0 Å². The predicted octanol–water partition coefficient (Wildman–Crippen LogP) is 4.52. The quantitative estimate of drug-likeness (QED) is 0.602. The molecule has 0 bridgehead atoms. The summed E-state index contributed by atoms with van der Waals surface area (Å²) in [6.45, 7) is 4.22. The fourth-order valence-corrected chi connectivity index (χ4v) is 2.30. The van der Waals surface area contributed by atoms with Crippen LogP contribution in [-0.4, -0.2) is 4.98 Å². The van der Waals surface area contributed by atoms with Crippen LogP contribution in [-0.2, 0) is 0 Å². The number of rotatable bonds is 1. The molecular formula is C17H15N. The van der Waals surface area contributed by atoms with Crippen LogP contribution >= 0.6 is 0 Å². The fraction of sp³-hybridized carbons (Fsp3) is 0.118. The first-order valence-electron chi connectivity index (χ1n) is 6.17. The molecule has 0 fully saturated rings. The Hall–Kier alpha value is -2.15. The molecule has 0 N–H and O–H groups in total. The summed E-state index contributed by atoms with van der Waals surface area (Å²) in [5, 5.41) is 1.22. The Balaban J connectivity index is 2.30. The zero-order valence-electron chi connectivity index (χ0n) is 10.6. The Morgan fingerprint density at radius 1 is 0.833 bits per heavy atom. The molecule has 18 heavy (non-hydrogen) atoms. The lowest BCUT2D eigenvalue weighted by molar-refractivity contribution is 1.37. The molecule has 0 aliphatic carbocycles. The van der Waals surface area contributed by atoms with Crippen molar-refractivity contribution in [2.75, 3.05) is 0 Å². The lowest BCUT2D eigenvalue weighted by atomic mass is 9.98. The van der Waals surface area contributed by atoms with Crippen molar-refractivity contribution in [1.82, 2.24) is 4.98 Å². The van der Waals surface area contributed by atoms with E-state index in [9.17, 15) is 0 Å². The molecule has 2 aromatic carbocycles. The number of aryl methyl sites for hydroxylation is 2. The van der Waals surface area contributed by atoms with E-state index in [4.69, 9.17) is 0 Å². The third-order valence-electron chi connectivity index (χ3n) is 3.33. The van der Waals surface area contributed by atoms with Gasteiger partial charge in [-0.2, -0.15) is 0 Å². The van der Waals surface area contributed by atoms with Gasteiger partial charge >= 0.3 is 0 Å². The van der Waals surface area contributed by atoms with E-state index >= 15 is 0 Å². The number of aromatic nitrogens is 1. The highest BCUT2D eigenvalue weighted by molar-refractivity contribution is 5.96. The van der Waals surface area contributed by atoms with E-state index in [1.807, 2.05) is 12.3 Å². The number of hydrogen-bond donors (Lipinski definition) is 0. The zero-order chi connectivity index (χ0) is 12.5. The van der Waals surface area contributed by atoms with Crippen LogP contribution in [0.5, 0.6) is 0 Å². The number of benzene rings is 2. The highest BCUT2D eigenvalue weighted by atomic mass is 14.6. The van der Waals surface area contributed by atoms with Crippen LogP contribution in [0.1, 0.15) is 11.1 Å². The molecule has 0 saturated carbocycles. The normalized spacial score (nSPS) is 10.8. The van der Waals surface area contributed by atoms with Gasteiger partial charge < -0.3 is 0 Å². The van der Waals surface area contributed by atoms with Crippen LogP contribution in [0.2, 0.25) is 0 Å². The smallest absolute Gasteiger partial charge is 0.0737 e. The van der Waals surface area contributed by atoms with E-state index in [1.165, 1.54) is 27.6 Å². The lowest BCUT2D eigenvalue weighted by Crippen LogP contribution is -1.87. The summed E-state index contributed by atoms with van der Waals surface area (Å²) in [5.74, 6) is 0. The maximum absolute atomic E-state index is 4.48. The van der Waals surface area contributed by atoms with Gasteiger partial charge in [-0.3, -0.25) is 4.98 Å². The second kappa shape index (κ2) is 4.26. The number of nitrogens with zero attached hydrogens (tertiary/aromatic N) is 1. The SMILES string of the molecule is Cc1ccc(-c2ccc(C)c3ncccc23)cc1. The third-order valence-corrected chi connectivity index (χ3v) is 3.33. The molecule has 1 heterocycles. The topological polar surface area (TPSA) is 12.9 Å². The molecule has 0 spiro atoms. The molecular weight excluding hydrogens is 218 g/mol. The standard InChI is InChI=1S/C17H15N/c1-12-5-8-14(9-6-12)15-10-7-13(2)17-16(15)4-3-11-18-17/h3-11H,1-2H3. The van der Waals surface area contributed by atoms with E-state index in [1.54, 1.807) is 0 Å². The van der Waals surface area contributed by atoms with Crippen molar-refractivity contribution in [3.63, 3.8) is 0 Å². The fourth-order valence-electron chi connectivity index (χ4n) is 2.30. The Morgan fingerprint density at radius 3 is 2.39 bits per heavy atom. The van der Waals surface area contributed by atoms with Crippen molar-refractivity contribution < 1.29 is 0 Å². The summed E-state index contributed by atoms with van der Waals surface area (Å²) in [6, 6.07) is 17.1. The average Bonchev–Trinajstić information content (AvgIpc) is 2.41. The third kappa shape index (κ3) is 1.78. The summed E-state index contributed by atoms with van der Waals surface area (Å²) in [7, 11) is 0. The Bertz CT molecular complexity index is 696. The van der Waals surface area contributed by atoms with Gasteiger partial charge in [-0.25, -0.2) is 0 Å². The largest absolute Gasteiger partial charge is 0.256 e. The highest BCUT2D eigenvalue weighted by Crippen LogP contribution is 2.29. The number of hydrogen-bond acceptors (Lipinski definition) is 1. The summed E-state index contributed by atoms with van der Waals surface area (Å²) < 4.78 is 0. The molecule has 0 amide bonds. The summed E-state index contributed by atoms with van der Waals surface area (Å²) in [6.07, 6.45) is 1.86. The Labute approximate surface area is 107 Å². The van der Waals surface area contributed by atoms with E-state index < -0.39 is 0 Å². The van der Waals surface area contributed by atoms with Gasteiger partial charge in [0, 0.05) is 11.6 Å². The molecule has 0 saturated heterocycles. The molecule has 1 aromatic heterocycles. The van der Waals surface area contributed by atoms with Gasteiger partial charge in [0.1, 0.15) is 0 Å². The van der Waals surface area contributed by atoms with E-state index in [-0.39, 0.29) is 0 Å². The molecule has 3 rings (SSSR count). The second-order valence-corrected chi connectivity index (χ2v) is 4.70. The summed E-state index contributed by atoms with van der Waals surface area (Å²) in [4.78, 5) is 4.48. The van der Waals surface area contributed by atoms with Gasteiger partial charge in [-0.15, -0.1) is 0 Å². The van der Waals surface area contributed by atoms with Crippen molar-refractivity contribution in [2.24, 2.45) is 0 Å². The van der Waals surface area contributed by atoms with Crippen LogP contribution in [0, 0.1) is 13.8 Å². The second-order valence-electron chi connectivity index (χ2n) is 4.70. The van der Waals surface area contributed by atoms with Crippen molar-refractivity contribution in [3.8, 4) is 11.1 Å². The monoisotopic (exact) mass is 233 g/mol. The first kappa shape index (κ1) is 11.0. The Morgan fingerprint density at radius 2 is 1.61 bits per heavy atom. The van der Waals surface area contributed by atoms with Crippen molar-refractivity contribution in [3.05, 3.63) is 65.9 Å². The first-order chi connectivity index (χ1) is 8.75. The van der Waals surface area contributed by atoms with Crippen LogP contribution in [0.3, 0.4) is 0 Å². The van der Waals surface area contributed by atoms with Gasteiger partial charge in [-0.1, -0.05) is 48.0 Å². The van der Waals surface area contributed by atoms with Crippen LogP contribution in [0.15, 0.2) is 54.7 Å². The maximum Gasteiger partial charge on any atom is 0.0737 e. The van der Waals surface area contributed by atoms with Gasteiger partial charge in [-0.05, 0) is 36.6 Å². The van der Waals surface area contributed by atoms with Crippen LogP contribution < -0.4 is 0 Å². The molecule has 88 valence electrons. The minimum Gasteiger partial charge on any atom is -0.256 e. The minimum absolute atomic E-state index is 1.09. The lowest BCUT2D eigenvalue weighted by Gasteiger charge is -2.08. The number of pyridine rings is 1. The molecule has 1 nitrogen and oxygen atoms in total. The molecule has 1 heteroatoms. The van der Waals surface area contributed by atoms with Crippen molar-refractivity contribution in [1.29, 1.82) is 0 Å². The molecule has 0 radical (unpaired) electrons. The predicted molar refractivity (Wildman–Crippen MR) is 76.7 cm³/mol. The van der Waals surface area contributed by atoms with E-state index in [0.29, 0.717) is 0 Å². The van der Waals surface area contributed by atoms with Crippen molar-refractivity contribution >= 4 is 10.9 Å². The molecule has 0 atom stereocenters. The summed E-state index contributed by atoms with van der Waals surface area (Å²) in [5.41, 5.74) is 6.10. The first-order valence-corrected chi connectivity index (χ1v) is 6.17. The van der Waals surface area contributed by atoms with Gasteiger partial charge in [0.15, 0.2) is 0 Å². The average molecular weight is 233 g/mol. The van der Waals surface area contributed by atoms with Crippen molar-refractivity contribution in [2.45, 2.75) is 13.8 Å². The van der Waals surface area contributed by atoms with E-state index in [0.717, 1.165) is 5.52 Å². The Kier molecular flexibility index (Phi) is 2.60. The molecule has 0 unspecified atom stereocenters. The zero-order valence-corrected chi connectivity index (χ0v) is 10.6. The minimum atomic E-state index is 1.09. The molecule has 0 aliphatic rings. The number of fused-ring (bicyclic) bond motifs is 1. The van der Waals surface area contributed by atoms with Crippen LogP contribution in [0.4, 0.5) is 0 Å². The van der Waals surface area contributed by atoms with Gasteiger partial charge in [0.05, 0.1) is 5.52 Å². The van der Waals surface area contributed by atoms with E-state index in [2.05, 4.69) is 61.3 Å². The van der Waals surface area contributed by atoms with Gasteiger partial charge in [0.25, 0.3) is 0 Å². The highest BCUT2D eigenvalue weighted by Gasteiger charge is 2.05. The molecule has 3 aromatic rings. The van der Waals surface area contributed by atoms with Gasteiger partial charge in [0.2, 0.25) is 0 Å². The molecule has 0 aliphatic heterocycles. The maximum atomic E-state index is 4.48.